The largest absolute Gasteiger partial charge is 0.395 e. The Kier molecular flexibility index (Phi) is 3.88. The molecule has 7 heteroatoms. The molecule has 112 valence electrons. The topological polar surface area (TPSA) is 70.5 Å². The molecule has 0 bridgehead atoms. The van der Waals surface area contributed by atoms with Crippen molar-refractivity contribution in [1.82, 2.24) is 9.29 Å². The van der Waals surface area contributed by atoms with E-state index in [4.69, 9.17) is 11.6 Å². The summed E-state index contributed by atoms with van der Waals surface area (Å²) in [7, 11) is -3.35. The zero-order chi connectivity index (χ0) is 15.0. The summed E-state index contributed by atoms with van der Waals surface area (Å²) in [6.45, 7) is -0.0458. The molecule has 1 atom stereocenters. The standard InChI is InChI=1S/C14H15ClN2O3S/c15-13-4-3-10-2-1-6-16-14(10)12(13)8-17-11(9-18)5-7-21(17,19)20/h1-4,6,11,18H,5,7-9H2. The summed E-state index contributed by atoms with van der Waals surface area (Å²) in [5.41, 5.74) is 1.38. The van der Waals surface area contributed by atoms with Crippen LogP contribution < -0.4 is 0 Å². The monoisotopic (exact) mass is 326 g/mol. The van der Waals surface area contributed by atoms with Crippen molar-refractivity contribution in [1.29, 1.82) is 0 Å². The van der Waals surface area contributed by atoms with Crippen molar-refractivity contribution in [2.45, 2.75) is 19.0 Å². The smallest absolute Gasteiger partial charge is 0.214 e. The van der Waals surface area contributed by atoms with Crippen LogP contribution in [0, 0.1) is 0 Å². The third kappa shape index (κ3) is 2.64. The lowest BCUT2D eigenvalue weighted by Crippen LogP contribution is -2.35. The van der Waals surface area contributed by atoms with Gasteiger partial charge in [0.25, 0.3) is 0 Å². The number of aromatic nitrogens is 1. The van der Waals surface area contributed by atoms with E-state index in [-0.39, 0.29) is 24.9 Å². The maximum Gasteiger partial charge on any atom is 0.214 e. The Morgan fingerprint density at radius 1 is 1.38 bits per heavy atom. The Morgan fingerprint density at radius 3 is 2.95 bits per heavy atom. The molecule has 1 aliphatic heterocycles. The van der Waals surface area contributed by atoms with Gasteiger partial charge in [-0.3, -0.25) is 4.98 Å². The number of fused-ring (bicyclic) bond motifs is 1. The summed E-state index contributed by atoms with van der Waals surface area (Å²) >= 11 is 6.24. The Morgan fingerprint density at radius 2 is 2.19 bits per heavy atom. The zero-order valence-electron chi connectivity index (χ0n) is 11.2. The first-order chi connectivity index (χ1) is 10.0. The van der Waals surface area contributed by atoms with E-state index >= 15 is 0 Å². The molecule has 0 saturated carbocycles. The number of pyridine rings is 1. The first-order valence-electron chi connectivity index (χ1n) is 6.65. The molecule has 1 fully saturated rings. The molecule has 1 aliphatic rings. The molecule has 1 aromatic heterocycles. The zero-order valence-corrected chi connectivity index (χ0v) is 12.8. The van der Waals surface area contributed by atoms with Gasteiger partial charge in [0, 0.05) is 34.8 Å². The Hall–Kier alpha value is -1.21. The molecule has 0 aliphatic carbocycles. The molecule has 3 rings (SSSR count). The SMILES string of the molecule is O=S1(=O)CCC(CO)N1Cc1c(Cl)ccc2cccnc12. The predicted octanol–water partition coefficient (Wildman–Crippen LogP) is 1.78. The molecule has 21 heavy (non-hydrogen) atoms. The van der Waals surface area contributed by atoms with Gasteiger partial charge in [-0.2, -0.15) is 4.31 Å². The molecule has 1 aromatic carbocycles. The maximum absolute atomic E-state index is 12.1. The molecule has 0 spiro atoms. The lowest BCUT2D eigenvalue weighted by atomic mass is 10.1. The fourth-order valence-corrected chi connectivity index (χ4v) is 4.64. The molecule has 1 unspecified atom stereocenters. The Balaban J connectivity index is 2.07. The highest BCUT2D eigenvalue weighted by Crippen LogP contribution is 2.30. The highest BCUT2D eigenvalue weighted by molar-refractivity contribution is 7.89. The fraction of sp³-hybridized carbons (Fsp3) is 0.357. The molecule has 5 nitrogen and oxygen atoms in total. The Bertz CT molecular complexity index is 779. The fourth-order valence-electron chi connectivity index (χ4n) is 2.67. The number of benzene rings is 1. The first-order valence-corrected chi connectivity index (χ1v) is 8.64. The van der Waals surface area contributed by atoms with E-state index in [1.165, 1.54) is 4.31 Å². The molecule has 0 amide bonds. The normalized spacial score (nSPS) is 21.9. The highest BCUT2D eigenvalue weighted by atomic mass is 35.5. The van der Waals surface area contributed by atoms with Crippen LogP contribution >= 0.6 is 11.6 Å². The second kappa shape index (κ2) is 5.53. The Labute approximate surface area is 128 Å². The van der Waals surface area contributed by atoms with E-state index in [0.29, 0.717) is 22.5 Å². The van der Waals surface area contributed by atoms with Crippen LogP contribution in [0.2, 0.25) is 5.02 Å². The van der Waals surface area contributed by atoms with E-state index in [0.717, 1.165) is 5.39 Å². The van der Waals surface area contributed by atoms with Gasteiger partial charge in [0.05, 0.1) is 17.9 Å². The number of aliphatic hydroxyl groups excluding tert-OH is 1. The molecule has 1 saturated heterocycles. The van der Waals surface area contributed by atoms with E-state index in [9.17, 15) is 13.5 Å². The number of halogens is 1. The van der Waals surface area contributed by atoms with Gasteiger partial charge in [0.2, 0.25) is 10.0 Å². The lowest BCUT2D eigenvalue weighted by molar-refractivity contribution is 0.193. The van der Waals surface area contributed by atoms with Crippen LogP contribution in [0.15, 0.2) is 30.5 Å². The van der Waals surface area contributed by atoms with Gasteiger partial charge in [-0.25, -0.2) is 8.42 Å². The van der Waals surface area contributed by atoms with Crippen molar-refractivity contribution in [2.75, 3.05) is 12.4 Å². The van der Waals surface area contributed by atoms with E-state index in [1.807, 2.05) is 18.2 Å². The first kappa shape index (κ1) is 14.7. The second-order valence-electron chi connectivity index (χ2n) is 5.09. The van der Waals surface area contributed by atoms with E-state index in [2.05, 4.69) is 4.98 Å². The van der Waals surface area contributed by atoms with Crippen LogP contribution in [0.3, 0.4) is 0 Å². The number of nitrogens with zero attached hydrogens (tertiary/aromatic N) is 2. The lowest BCUT2D eigenvalue weighted by Gasteiger charge is -2.22. The van der Waals surface area contributed by atoms with Crippen molar-refractivity contribution < 1.29 is 13.5 Å². The van der Waals surface area contributed by atoms with E-state index in [1.54, 1.807) is 12.3 Å². The quantitative estimate of drug-likeness (QED) is 0.933. The third-order valence-corrected chi connectivity index (χ3v) is 6.07. The number of rotatable bonds is 3. The molecular weight excluding hydrogens is 312 g/mol. The van der Waals surface area contributed by atoms with Crippen molar-refractivity contribution in [2.24, 2.45) is 0 Å². The van der Waals surface area contributed by atoms with Gasteiger partial charge in [0.15, 0.2) is 0 Å². The highest BCUT2D eigenvalue weighted by Gasteiger charge is 2.37. The van der Waals surface area contributed by atoms with Crippen LogP contribution in [-0.2, 0) is 16.6 Å². The van der Waals surface area contributed by atoms with Crippen molar-refractivity contribution in [3.8, 4) is 0 Å². The summed E-state index contributed by atoms with van der Waals surface area (Å²) in [4.78, 5) is 4.31. The van der Waals surface area contributed by atoms with Crippen LogP contribution in [0.25, 0.3) is 10.9 Å². The second-order valence-corrected chi connectivity index (χ2v) is 7.54. The summed E-state index contributed by atoms with van der Waals surface area (Å²) < 4.78 is 25.6. The minimum atomic E-state index is -3.35. The number of aliphatic hydroxyl groups is 1. The summed E-state index contributed by atoms with van der Waals surface area (Å²) in [5.74, 6) is 0.0635. The van der Waals surface area contributed by atoms with Gasteiger partial charge in [-0.1, -0.05) is 23.7 Å². The van der Waals surface area contributed by atoms with Crippen LogP contribution in [0.1, 0.15) is 12.0 Å². The van der Waals surface area contributed by atoms with Gasteiger partial charge >= 0.3 is 0 Å². The molecule has 2 heterocycles. The van der Waals surface area contributed by atoms with Crippen LogP contribution in [0.5, 0.6) is 0 Å². The average molecular weight is 327 g/mol. The van der Waals surface area contributed by atoms with Crippen molar-refractivity contribution >= 4 is 32.5 Å². The summed E-state index contributed by atoms with van der Waals surface area (Å²) in [5, 5.41) is 10.8. The van der Waals surface area contributed by atoms with Gasteiger partial charge in [-0.05, 0) is 18.6 Å². The molecule has 0 radical (unpaired) electrons. The maximum atomic E-state index is 12.1. The summed E-state index contributed by atoms with van der Waals surface area (Å²) in [6.07, 6.45) is 2.10. The number of hydrogen-bond donors (Lipinski definition) is 1. The minimum Gasteiger partial charge on any atom is -0.395 e. The third-order valence-electron chi connectivity index (χ3n) is 3.82. The number of hydrogen-bond acceptors (Lipinski definition) is 4. The number of sulfonamides is 1. The average Bonchev–Trinajstić information content (AvgIpc) is 2.76. The molecule has 1 N–H and O–H groups in total. The van der Waals surface area contributed by atoms with E-state index < -0.39 is 10.0 Å². The molecule has 2 aromatic rings. The van der Waals surface area contributed by atoms with Gasteiger partial charge in [0.1, 0.15) is 0 Å². The van der Waals surface area contributed by atoms with Crippen LogP contribution in [-0.4, -0.2) is 41.2 Å². The molecular formula is C14H15ClN2O3S. The predicted molar refractivity (Wildman–Crippen MR) is 81.6 cm³/mol. The van der Waals surface area contributed by atoms with Gasteiger partial charge in [-0.15, -0.1) is 0 Å². The summed E-state index contributed by atoms with van der Waals surface area (Å²) in [6, 6.07) is 6.95. The van der Waals surface area contributed by atoms with Gasteiger partial charge < -0.3 is 5.11 Å². The van der Waals surface area contributed by atoms with Crippen molar-refractivity contribution in [3.63, 3.8) is 0 Å². The minimum absolute atomic E-state index is 0.0635. The van der Waals surface area contributed by atoms with Crippen molar-refractivity contribution in [3.05, 3.63) is 41.0 Å². The van der Waals surface area contributed by atoms with Crippen LogP contribution in [0.4, 0.5) is 0 Å².